The van der Waals surface area contributed by atoms with E-state index < -0.39 is 51.9 Å². The standard InChI is InChI=1S/C28H24ClN9O7S2.CH4O3S/c1-15-10-16-12-24(47(43,44)45)22(14-19(16)23(11-15)46(40,41)42)37-36-20-9-8-17(13-21(20)32-26(30)39)31-27-33-25(29)34-28(35-27)38(2)18-6-4-3-5-7-18;1-5(2,3)4/h3-14H,1-2H3,(H3,30,32,39)(H,40,41,42)(H,43,44,45)(H,31,33,34,35);1H3,(H,2,3,4). The number of aryl methyl sites for hydroxylation is 1. The average molecular weight is 794 g/mol. The second-order valence-electron chi connectivity index (χ2n) is 10.7. The molecule has 0 aliphatic rings. The molecule has 4 aromatic carbocycles. The van der Waals surface area contributed by atoms with Gasteiger partial charge < -0.3 is 21.3 Å². The van der Waals surface area contributed by atoms with Crippen molar-refractivity contribution in [2.45, 2.75) is 16.7 Å². The molecule has 0 aliphatic carbocycles. The number of benzene rings is 4. The molecule has 0 spiro atoms. The lowest BCUT2D eigenvalue weighted by atomic mass is 10.1. The first-order valence-electron chi connectivity index (χ1n) is 14.1. The summed E-state index contributed by atoms with van der Waals surface area (Å²) in [6.07, 6.45) is 0.715. The highest BCUT2D eigenvalue weighted by Gasteiger charge is 2.22. The number of amides is 2. The van der Waals surface area contributed by atoms with E-state index in [4.69, 9.17) is 21.9 Å². The fourth-order valence-corrected chi connectivity index (χ4v) is 6.05. The molecular weight excluding hydrogens is 766 g/mol. The molecule has 0 aliphatic heterocycles. The van der Waals surface area contributed by atoms with Crippen LogP contribution < -0.4 is 21.3 Å². The third-order valence-electron chi connectivity index (χ3n) is 6.51. The van der Waals surface area contributed by atoms with Gasteiger partial charge in [0, 0.05) is 23.8 Å². The summed E-state index contributed by atoms with van der Waals surface area (Å²) in [4.78, 5) is 25.0. The minimum absolute atomic E-state index is 0.0106. The monoisotopic (exact) mass is 793 g/mol. The van der Waals surface area contributed by atoms with Crippen LogP contribution in [0.3, 0.4) is 0 Å². The number of para-hydroxylation sites is 1. The highest BCUT2D eigenvalue weighted by atomic mass is 35.5. The topological polar surface area (TPSA) is 297 Å². The molecule has 2 amide bonds. The summed E-state index contributed by atoms with van der Waals surface area (Å²) in [7, 11) is -11.6. The Kier molecular flexibility index (Phi) is 11.7. The Morgan fingerprint density at radius 1 is 0.827 bits per heavy atom. The van der Waals surface area contributed by atoms with E-state index in [-0.39, 0.29) is 39.3 Å². The molecule has 0 saturated carbocycles. The molecule has 1 aromatic heterocycles. The molecule has 5 rings (SSSR count). The van der Waals surface area contributed by atoms with E-state index in [0.29, 0.717) is 17.5 Å². The fourth-order valence-electron chi connectivity index (χ4n) is 4.47. The highest BCUT2D eigenvalue weighted by molar-refractivity contribution is 7.86. The van der Waals surface area contributed by atoms with Crippen molar-refractivity contribution in [2.75, 3.05) is 28.8 Å². The van der Waals surface area contributed by atoms with E-state index >= 15 is 0 Å². The van der Waals surface area contributed by atoms with Gasteiger partial charge >= 0.3 is 6.03 Å². The number of urea groups is 1. The molecule has 0 radical (unpaired) electrons. The van der Waals surface area contributed by atoms with Gasteiger partial charge in [0.05, 0.1) is 11.9 Å². The average Bonchev–Trinajstić information content (AvgIpc) is 3.01. The number of aromatic nitrogens is 3. The Bertz CT molecular complexity index is 2530. The van der Waals surface area contributed by atoms with Crippen molar-refractivity contribution in [3.05, 3.63) is 83.6 Å². The molecule has 0 unspecified atom stereocenters. The number of carbonyl (C=O) groups excluding carboxylic acids is 1. The lowest BCUT2D eigenvalue weighted by Crippen LogP contribution is -2.19. The Morgan fingerprint density at radius 3 is 2.04 bits per heavy atom. The van der Waals surface area contributed by atoms with Crippen molar-refractivity contribution < 1.29 is 43.7 Å². The third-order valence-corrected chi connectivity index (χ3v) is 8.46. The van der Waals surface area contributed by atoms with Crippen LogP contribution in [0, 0.1) is 6.92 Å². The van der Waals surface area contributed by atoms with Gasteiger partial charge in [-0.05, 0) is 78.0 Å². The van der Waals surface area contributed by atoms with E-state index in [1.165, 1.54) is 37.3 Å². The first-order valence-corrected chi connectivity index (χ1v) is 19.2. The van der Waals surface area contributed by atoms with Crippen LogP contribution in [0.2, 0.25) is 5.28 Å². The first-order chi connectivity index (χ1) is 24.1. The molecular formula is C29H28ClN9O10S3. The molecule has 274 valence electrons. The van der Waals surface area contributed by atoms with Gasteiger partial charge in [0.2, 0.25) is 17.2 Å². The van der Waals surface area contributed by atoms with E-state index in [1.54, 1.807) is 11.9 Å². The van der Waals surface area contributed by atoms with Crippen LogP contribution in [0.5, 0.6) is 0 Å². The SMILES string of the molecule is CS(=O)(=O)O.Cc1cc(S(=O)(=O)O)c2cc(N=Nc3ccc(Nc4nc(Cl)nc(N(C)c5ccccc5)n4)cc3NC(N)=O)c(S(=O)(=O)O)cc2c1. The minimum atomic E-state index is -4.89. The summed E-state index contributed by atoms with van der Waals surface area (Å²) in [6.45, 7) is 1.54. The molecule has 19 nitrogen and oxygen atoms in total. The van der Waals surface area contributed by atoms with E-state index in [0.717, 1.165) is 17.8 Å². The second-order valence-corrected chi connectivity index (χ2v) is 15.2. The van der Waals surface area contributed by atoms with E-state index in [2.05, 4.69) is 35.8 Å². The van der Waals surface area contributed by atoms with Gasteiger partial charge in [0.25, 0.3) is 30.4 Å². The minimum Gasteiger partial charge on any atom is -0.351 e. The van der Waals surface area contributed by atoms with Crippen molar-refractivity contribution in [1.82, 2.24) is 15.0 Å². The number of primary amides is 1. The van der Waals surface area contributed by atoms with Gasteiger partial charge in [-0.1, -0.05) is 24.3 Å². The molecule has 5 aromatic rings. The van der Waals surface area contributed by atoms with Gasteiger partial charge in [-0.25, -0.2) is 4.79 Å². The normalized spacial score (nSPS) is 11.9. The number of halogens is 1. The Hall–Kier alpha value is -5.36. The number of anilines is 5. The number of rotatable bonds is 9. The molecule has 0 fully saturated rings. The lowest BCUT2D eigenvalue weighted by molar-refractivity contribution is 0.259. The zero-order chi connectivity index (χ0) is 38.6. The Morgan fingerprint density at radius 2 is 1.44 bits per heavy atom. The maximum atomic E-state index is 12.3. The second kappa shape index (κ2) is 15.5. The zero-order valence-electron chi connectivity index (χ0n) is 27.0. The Balaban J connectivity index is 0.00000113. The van der Waals surface area contributed by atoms with E-state index in [1.807, 2.05) is 30.3 Å². The summed E-state index contributed by atoms with van der Waals surface area (Å²) >= 11 is 6.16. The third kappa shape index (κ3) is 10.8. The van der Waals surface area contributed by atoms with Crippen LogP contribution in [0.25, 0.3) is 10.8 Å². The number of hydrogen-bond donors (Lipinski definition) is 6. The maximum Gasteiger partial charge on any atom is 0.316 e. The van der Waals surface area contributed by atoms with Gasteiger partial charge in [-0.3, -0.25) is 13.7 Å². The Labute approximate surface area is 301 Å². The quantitative estimate of drug-likeness (QED) is 0.0804. The lowest BCUT2D eigenvalue weighted by Gasteiger charge is -2.18. The summed E-state index contributed by atoms with van der Waals surface area (Å²) in [5, 5.41) is 13.2. The van der Waals surface area contributed by atoms with E-state index in [9.17, 15) is 39.2 Å². The summed E-state index contributed by atoms with van der Waals surface area (Å²) in [5.74, 6) is 0.290. The molecule has 1 heterocycles. The highest BCUT2D eigenvalue weighted by Crippen LogP contribution is 2.37. The molecule has 0 bridgehead atoms. The van der Waals surface area contributed by atoms with Gasteiger partial charge in [0.1, 0.15) is 21.2 Å². The van der Waals surface area contributed by atoms with Crippen LogP contribution in [0.15, 0.2) is 92.8 Å². The number of nitrogens with zero attached hydrogens (tertiary/aromatic N) is 6. The number of azo groups is 1. The van der Waals surface area contributed by atoms with Crippen LogP contribution in [0.4, 0.5) is 45.1 Å². The van der Waals surface area contributed by atoms with Crippen molar-refractivity contribution >= 4 is 99.1 Å². The van der Waals surface area contributed by atoms with Crippen LogP contribution >= 0.6 is 11.6 Å². The predicted octanol–water partition coefficient (Wildman–Crippen LogP) is 5.40. The molecule has 0 atom stereocenters. The van der Waals surface area contributed by atoms with Gasteiger partial charge in [-0.15, -0.1) is 10.2 Å². The van der Waals surface area contributed by atoms with Crippen molar-refractivity contribution in [2.24, 2.45) is 16.0 Å². The first kappa shape index (κ1) is 39.4. The van der Waals surface area contributed by atoms with Gasteiger partial charge in [-0.2, -0.15) is 40.2 Å². The molecule has 0 saturated heterocycles. The molecule has 7 N–H and O–H groups in total. The van der Waals surface area contributed by atoms with Crippen molar-refractivity contribution in [3.8, 4) is 0 Å². The number of carbonyl (C=O) groups is 1. The fraction of sp³-hybridized carbons (Fsp3) is 0.103. The smallest absolute Gasteiger partial charge is 0.316 e. The van der Waals surface area contributed by atoms with Crippen LogP contribution in [0.1, 0.15) is 5.56 Å². The largest absolute Gasteiger partial charge is 0.351 e. The maximum absolute atomic E-state index is 12.3. The molecule has 23 heteroatoms. The summed E-state index contributed by atoms with van der Waals surface area (Å²) < 4.78 is 94.2. The predicted molar refractivity (Wildman–Crippen MR) is 192 cm³/mol. The molecule has 52 heavy (non-hydrogen) atoms. The number of hydrogen-bond acceptors (Lipinski definition) is 14. The van der Waals surface area contributed by atoms with Crippen LogP contribution in [-0.4, -0.2) is 73.2 Å². The van der Waals surface area contributed by atoms with Crippen molar-refractivity contribution in [1.29, 1.82) is 0 Å². The summed E-state index contributed by atoms with van der Waals surface area (Å²) in [6, 6.07) is 17.3. The number of nitrogens with one attached hydrogen (secondary N) is 2. The zero-order valence-corrected chi connectivity index (χ0v) is 30.2. The van der Waals surface area contributed by atoms with Crippen molar-refractivity contribution in [3.63, 3.8) is 0 Å². The van der Waals surface area contributed by atoms with Crippen LogP contribution in [-0.2, 0) is 30.4 Å². The number of nitrogens with two attached hydrogens (primary N) is 1. The number of fused-ring (bicyclic) bond motifs is 1. The van der Waals surface area contributed by atoms with Gasteiger partial charge in [0.15, 0.2) is 0 Å². The summed E-state index contributed by atoms with van der Waals surface area (Å²) in [5.41, 5.74) is 6.40.